The van der Waals surface area contributed by atoms with E-state index in [1.807, 2.05) is 4.72 Å². The molecular formula is C41H56F2N6O10S. The molecule has 2 aromatic rings. The number of alkyl carbamates (subject to hydrolysis) is 1. The fourth-order valence-corrected chi connectivity index (χ4v) is 10.3. The molecule has 0 spiro atoms. The maximum absolute atomic E-state index is 14.8. The van der Waals surface area contributed by atoms with Crippen molar-refractivity contribution in [2.24, 2.45) is 23.2 Å². The Morgan fingerprint density at radius 3 is 2.45 bits per heavy atom. The summed E-state index contributed by atoms with van der Waals surface area (Å²) in [6.45, 7) is 8.72. The van der Waals surface area contributed by atoms with E-state index in [-0.39, 0.29) is 61.9 Å². The summed E-state index contributed by atoms with van der Waals surface area (Å²) in [5.74, 6) is -3.87. The third-order valence-electron chi connectivity index (χ3n) is 13.3. The highest BCUT2D eigenvalue weighted by atomic mass is 32.2. The Morgan fingerprint density at radius 2 is 1.80 bits per heavy atom. The molecule has 3 heterocycles. The smallest absolute Gasteiger partial charge is 0.408 e. The Morgan fingerprint density at radius 1 is 1.07 bits per heavy atom. The average Bonchev–Trinajstić information content (AvgIpc) is 4.03. The summed E-state index contributed by atoms with van der Waals surface area (Å²) in [6, 6.07) is 2.10. The largest absolute Gasteiger partial charge is 0.497 e. The number of carbonyl (C=O) groups excluding carboxylic acids is 4. The van der Waals surface area contributed by atoms with Crippen molar-refractivity contribution in [2.45, 2.75) is 146 Å². The first-order valence-electron chi connectivity index (χ1n) is 20.9. The van der Waals surface area contributed by atoms with Crippen LogP contribution in [0.15, 0.2) is 23.0 Å². The fraction of sp³-hybridized carbons (Fsp3) is 0.707. The maximum atomic E-state index is 14.8. The second-order valence-electron chi connectivity index (χ2n) is 18.7. The van der Waals surface area contributed by atoms with E-state index >= 15 is 0 Å². The lowest BCUT2D eigenvalue weighted by molar-refractivity contribution is -0.143. The first-order chi connectivity index (χ1) is 28.2. The van der Waals surface area contributed by atoms with Crippen molar-refractivity contribution in [2.75, 3.05) is 13.7 Å². The molecule has 1 aromatic carbocycles. The van der Waals surface area contributed by atoms with E-state index in [1.54, 1.807) is 39.0 Å². The molecule has 5 aliphatic rings. The summed E-state index contributed by atoms with van der Waals surface area (Å²) in [5.41, 5.74) is -3.29. The summed E-state index contributed by atoms with van der Waals surface area (Å²) in [7, 11) is -2.78. The third-order valence-corrected chi connectivity index (χ3v) is 15.5. The minimum atomic E-state index is -4.26. The third kappa shape index (κ3) is 8.38. The van der Waals surface area contributed by atoms with Gasteiger partial charge in [0.2, 0.25) is 28.3 Å². The summed E-state index contributed by atoms with van der Waals surface area (Å²) in [4.78, 5) is 76.4. The first kappa shape index (κ1) is 43.5. The number of methoxy groups -OCH3 is 1. The van der Waals surface area contributed by atoms with Crippen LogP contribution in [0.3, 0.4) is 0 Å². The van der Waals surface area contributed by atoms with Gasteiger partial charge in [-0.1, -0.05) is 40.5 Å². The van der Waals surface area contributed by atoms with Crippen LogP contribution in [0.4, 0.5) is 13.6 Å². The Bertz CT molecular complexity index is 2210. The Kier molecular flexibility index (Phi) is 11.6. The molecule has 2 bridgehead atoms. The van der Waals surface area contributed by atoms with E-state index in [0.29, 0.717) is 29.5 Å². The maximum Gasteiger partial charge on any atom is 0.408 e. The Hall–Kier alpha value is -4.55. The topological polar surface area (TPSA) is 204 Å². The molecule has 3 saturated carbocycles. The zero-order valence-corrected chi connectivity index (χ0v) is 35.7. The molecule has 4 amide bonds. The van der Waals surface area contributed by atoms with E-state index in [2.05, 4.69) is 17.6 Å². The van der Waals surface area contributed by atoms with Crippen molar-refractivity contribution in [1.82, 2.24) is 29.8 Å². The number of fused-ring (bicyclic) bond motifs is 5. The monoisotopic (exact) mass is 862 g/mol. The number of ether oxygens (including phenoxy) is 3. The number of aromatic nitrogens is 2. The number of hydrogen-bond acceptors (Lipinski definition) is 11. The van der Waals surface area contributed by atoms with E-state index in [1.165, 1.54) is 23.5 Å². The number of nitrogens with one attached hydrogen (secondary N) is 3. The van der Waals surface area contributed by atoms with Crippen molar-refractivity contribution in [1.29, 1.82) is 0 Å². The van der Waals surface area contributed by atoms with E-state index in [0.717, 1.165) is 25.7 Å². The molecule has 0 radical (unpaired) electrons. The van der Waals surface area contributed by atoms with Crippen molar-refractivity contribution in [3.05, 3.63) is 28.6 Å². The molecule has 1 saturated heterocycles. The van der Waals surface area contributed by atoms with Gasteiger partial charge in [-0.05, 0) is 81.3 Å². The Labute approximate surface area is 347 Å². The van der Waals surface area contributed by atoms with Crippen molar-refractivity contribution in [3.63, 3.8) is 0 Å². The van der Waals surface area contributed by atoms with Crippen LogP contribution in [0, 0.1) is 23.2 Å². The number of sulfonamides is 1. The highest BCUT2D eigenvalue weighted by molar-refractivity contribution is 7.91. The summed E-state index contributed by atoms with van der Waals surface area (Å²) in [5, 5.41) is 5.51. The predicted octanol–water partition coefficient (Wildman–Crippen LogP) is 4.02. The van der Waals surface area contributed by atoms with Crippen LogP contribution >= 0.6 is 0 Å². The van der Waals surface area contributed by atoms with Crippen LogP contribution in [0.5, 0.6) is 11.8 Å². The number of halogens is 2. The lowest BCUT2D eigenvalue weighted by Gasteiger charge is -2.36. The summed E-state index contributed by atoms with van der Waals surface area (Å²) < 4.78 is 74.6. The van der Waals surface area contributed by atoms with Crippen LogP contribution in [0.2, 0.25) is 0 Å². The molecule has 16 nitrogen and oxygen atoms in total. The number of nitrogens with zero attached hydrogens (tertiary/aromatic N) is 3. The van der Waals surface area contributed by atoms with Crippen molar-refractivity contribution >= 4 is 44.7 Å². The highest BCUT2D eigenvalue weighted by Gasteiger charge is 2.67. The van der Waals surface area contributed by atoms with Crippen molar-refractivity contribution < 1.29 is 50.6 Å². The molecule has 3 N–H and O–H groups in total. The van der Waals surface area contributed by atoms with Gasteiger partial charge in [-0.25, -0.2) is 22.0 Å². The zero-order chi connectivity index (χ0) is 43.5. The second kappa shape index (κ2) is 16.0. The highest BCUT2D eigenvalue weighted by Crippen LogP contribution is 2.49. The van der Waals surface area contributed by atoms with E-state index < -0.39 is 86.5 Å². The SMILES string of the molecule is COc1ccc2c(=O)n3c(nc2c1)OC1CC(C(=O)NC2(C(=O)NS(=O)(=O)C4(C)CC4)CC2C(F)F)N(C1)C(=O)C(C(C)(C)C)NC(=O)OC1CCC(C)C1CCCCC3. The van der Waals surface area contributed by atoms with Gasteiger partial charge in [-0.15, -0.1) is 0 Å². The van der Waals surface area contributed by atoms with E-state index in [9.17, 15) is 41.2 Å². The van der Waals surface area contributed by atoms with Crippen LogP contribution in [0.25, 0.3) is 10.9 Å². The predicted molar refractivity (Wildman–Crippen MR) is 214 cm³/mol. The van der Waals surface area contributed by atoms with Gasteiger partial charge in [0.05, 0.1) is 35.2 Å². The minimum Gasteiger partial charge on any atom is -0.497 e. The van der Waals surface area contributed by atoms with Gasteiger partial charge in [0, 0.05) is 19.0 Å². The molecule has 8 atom stereocenters. The minimum absolute atomic E-state index is 0.0616. The summed E-state index contributed by atoms with van der Waals surface area (Å²) >= 11 is 0. The normalized spacial score (nSPS) is 30.8. The quantitative estimate of drug-likeness (QED) is 0.363. The summed E-state index contributed by atoms with van der Waals surface area (Å²) in [6.07, 6.45) is -1.02. The van der Waals surface area contributed by atoms with Gasteiger partial charge in [0.1, 0.15) is 35.6 Å². The van der Waals surface area contributed by atoms with Gasteiger partial charge < -0.3 is 29.7 Å². The molecule has 2 aliphatic heterocycles. The van der Waals surface area contributed by atoms with Gasteiger partial charge in [-0.3, -0.25) is 28.5 Å². The van der Waals surface area contributed by atoms with Gasteiger partial charge in [0.25, 0.3) is 17.5 Å². The van der Waals surface area contributed by atoms with E-state index in [4.69, 9.17) is 19.2 Å². The zero-order valence-electron chi connectivity index (χ0n) is 34.9. The molecule has 7 rings (SSSR count). The van der Waals surface area contributed by atoms with Gasteiger partial charge in [0.15, 0.2) is 0 Å². The number of alkyl halides is 2. The number of hydrogen-bond donors (Lipinski definition) is 3. The number of carbonyl (C=O) groups is 4. The van der Waals surface area contributed by atoms with Crippen LogP contribution in [-0.4, -0.2) is 101 Å². The molecule has 3 aliphatic carbocycles. The molecule has 8 unspecified atom stereocenters. The first-order valence-corrected chi connectivity index (χ1v) is 22.4. The lowest BCUT2D eigenvalue weighted by Crippen LogP contribution is -2.60. The lowest BCUT2D eigenvalue weighted by atomic mass is 9.85. The molecule has 330 valence electrons. The molecule has 4 fully saturated rings. The van der Waals surface area contributed by atoms with Gasteiger partial charge >= 0.3 is 6.09 Å². The number of rotatable bonds is 7. The molecule has 19 heteroatoms. The number of benzene rings is 1. The second-order valence-corrected chi connectivity index (χ2v) is 20.9. The van der Waals surface area contributed by atoms with Gasteiger partial charge in [-0.2, -0.15) is 4.98 Å². The van der Waals surface area contributed by atoms with Crippen LogP contribution < -0.4 is 30.4 Å². The standard InChI is InChI=1S/C41H56F2N6O10S/c1-22-11-14-30-25(22)10-8-7-9-17-48-34(51)26-13-12-23(57-6)18-28(26)44-37(48)58-24-19-29(49(21-24)35(52)31(39(2,3)4)45-38(54)59-30)33(50)46-41(20-27(41)32(42)43)36(53)47-60(55,56)40(5)15-16-40/h12-13,18,22,24-25,27,29-32H,7-11,14-17,19-21H2,1-6H3,(H,45,54)(H,46,50)(H,47,53). The van der Waals surface area contributed by atoms with Crippen LogP contribution in [-0.2, 0) is 35.7 Å². The Balaban J connectivity index is 1.26. The average molecular weight is 863 g/mol. The fourth-order valence-electron chi connectivity index (χ4n) is 9.03. The molecule has 1 aromatic heterocycles. The molecular weight excluding hydrogens is 807 g/mol. The van der Waals surface area contributed by atoms with Crippen molar-refractivity contribution in [3.8, 4) is 11.8 Å². The van der Waals surface area contributed by atoms with Crippen LogP contribution in [0.1, 0.15) is 98.8 Å². The molecule has 60 heavy (non-hydrogen) atoms. The number of amides is 4.